The van der Waals surface area contributed by atoms with Gasteiger partial charge in [-0.2, -0.15) is 0 Å². The highest BCUT2D eigenvalue weighted by molar-refractivity contribution is 5.95. The fourth-order valence-electron chi connectivity index (χ4n) is 2.71. The van der Waals surface area contributed by atoms with E-state index in [0.717, 1.165) is 6.07 Å². The summed E-state index contributed by atoms with van der Waals surface area (Å²) >= 11 is 0. The van der Waals surface area contributed by atoms with Crippen molar-refractivity contribution >= 4 is 17.5 Å². The van der Waals surface area contributed by atoms with E-state index in [1.807, 2.05) is 0 Å². The van der Waals surface area contributed by atoms with Crippen LogP contribution in [0.25, 0.3) is 0 Å². The first kappa shape index (κ1) is 23.0. The van der Waals surface area contributed by atoms with Gasteiger partial charge in [-0.3, -0.25) is 5.41 Å². The summed E-state index contributed by atoms with van der Waals surface area (Å²) in [4.78, 5) is 12.6. The lowest BCUT2D eigenvalue weighted by Gasteiger charge is -2.21. The van der Waals surface area contributed by atoms with Gasteiger partial charge >= 0.3 is 5.97 Å². The second-order valence-corrected chi connectivity index (χ2v) is 6.15. The Morgan fingerprint density at radius 3 is 2.40 bits per heavy atom. The van der Waals surface area contributed by atoms with Gasteiger partial charge in [0.1, 0.15) is 18.3 Å². The van der Waals surface area contributed by atoms with Gasteiger partial charge in [0.2, 0.25) is 0 Å². The highest BCUT2D eigenvalue weighted by Gasteiger charge is 2.27. The molecule has 0 spiro atoms. The highest BCUT2D eigenvalue weighted by Crippen LogP contribution is 2.34. The maximum Gasteiger partial charge on any atom is 0.333 e. The molecule has 5 N–H and O–H groups in total. The van der Waals surface area contributed by atoms with Gasteiger partial charge in [-0.1, -0.05) is 0 Å². The molecule has 0 bridgehead atoms. The number of anilines is 1. The Hall–Kier alpha value is -3.33. The maximum atomic E-state index is 14.9. The van der Waals surface area contributed by atoms with Crippen molar-refractivity contribution < 1.29 is 28.5 Å². The maximum absolute atomic E-state index is 14.9. The molecule has 0 heterocycles. The molecular formula is C21H26FN3O5. The SMILES string of the molecule is CCOC(=O)[C@H](Nc1ccc(C(=N)N)cc1)c1cc(OCC)c(OCCO)cc1F. The molecule has 2 aromatic carbocycles. The smallest absolute Gasteiger partial charge is 0.333 e. The van der Waals surface area contributed by atoms with Crippen molar-refractivity contribution in [3.05, 3.63) is 53.3 Å². The average molecular weight is 419 g/mol. The van der Waals surface area contributed by atoms with Crippen molar-refractivity contribution in [2.45, 2.75) is 19.9 Å². The zero-order valence-electron chi connectivity index (χ0n) is 16.9. The van der Waals surface area contributed by atoms with Crippen LogP contribution in [0.1, 0.15) is 31.0 Å². The second kappa shape index (κ2) is 11.0. The molecule has 9 heteroatoms. The average Bonchev–Trinajstić information content (AvgIpc) is 2.72. The van der Waals surface area contributed by atoms with Crippen LogP contribution in [0, 0.1) is 11.2 Å². The molecule has 0 aliphatic carbocycles. The number of halogens is 1. The minimum Gasteiger partial charge on any atom is -0.490 e. The van der Waals surface area contributed by atoms with E-state index in [0.29, 0.717) is 17.9 Å². The van der Waals surface area contributed by atoms with E-state index in [1.54, 1.807) is 38.1 Å². The third-order valence-electron chi connectivity index (χ3n) is 4.05. The number of benzene rings is 2. The molecule has 2 rings (SSSR count). The van der Waals surface area contributed by atoms with Gasteiger partial charge in [-0.25, -0.2) is 9.18 Å². The van der Waals surface area contributed by atoms with Crippen LogP contribution in [-0.2, 0) is 9.53 Å². The Balaban J connectivity index is 2.43. The summed E-state index contributed by atoms with van der Waals surface area (Å²) in [6.45, 7) is 3.57. The van der Waals surface area contributed by atoms with Gasteiger partial charge in [0, 0.05) is 22.9 Å². The van der Waals surface area contributed by atoms with E-state index in [-0.39, 0.29) is 42.7 Å². The number of amidine groups is 1. The van der Waals surface area contributed by atoms with E-state index >= 15 is 0 Å². The minimum absolute atomic E-state index is 0.0175. The summed E-state index contributed by atoms with van der Waals surface area (Å²) in [5, 5.41) is 19.4. The Morgan fingerprint density at radius 2 is 1.83 bits per heavy atom. The molecule has 162 valence electrons. The molecule has 0 unspecified atom stereocenters. The van der Waals surface area contributed by atoms with Crippen molar-refractivity contribution in [2.24, 2.45) is 5.73 Å². The number of nitrogens with one attached hydrogen (secondary N) is 2. The Bertz CT molecular complexity index is 874. The molecule has 1 atom stereocenters. The van der Waals surface area contributed by atoms with Crippen LogP contribution < -0.4 is 20.5 Å². The van der Waals surface area contributed by atoms with Crippen molar-refractivity contribution in [2.75, 3.05) is 31.7 Å². The van der Waals surface area contributed by atoms with Crippen molar-refractivity contribution in [1.29, 1.82) is 5.41 Å². The lowest BCUT2D eigenvalue weighted by molar-refractivity contribution is -0.144. The number of nitrogen functional groups attached to an aromatic ring is 1. The number of hydrogen-bond acceptors (Lipinski definition) is 7. The second-order valence-electron chi connectivity index (χ2n) is 6.15. The predicted molar refractivity (Wildman–Crippen MR) is 111 cm³/mol. The molecule has 0 aliphatic rings. The topological polar surface area (TPSA) is 127 Å². The van der Waals surface area contributed by atoms with Crippen LogP contribution in [0.2, 0.25) is 0 Å². The van der Waals surface area contributed by atoms with Gasteiger partial charge in [0.25, 0.3) is 0 Å². The molecule has 0 fully saturated rings. The first-order valence-electron chi connectivity index (χ1n) is 9.48. The third kappa shape index (κ3) is 5.84. The molecule has 0 saturated heterocycles. The van der Waals surface area contributed by atoms with Gasteiger partial charge in [0.05, 0.1) is 19.8 Å². The number of aliphatic hydroxyl groups is 1. The zero-order chi connectivity index (χ0) is 22.1. The number of aliphatic hydroxyl groups excluding tert-OH is 1. The van der Waals surface area contributed by atoms with E-state index in [1.165, 1.54) is 6.07 Å². The molecule has 8 nitrogen and oxygen atoms in total. The first-order chi connectivity index (χ1) is 14.4. The third-order valence-corrected chi connectivity index (χ3v) is 4.05. The molecule has 0 saturated carbocycles. The number of esters is 1. The van der Waals surface area contributed by atoms with E-state index in [9.17, 15) is 9.18 Å². The lowest BCUT2D eigenvalue weighted by atomic mass is 10.0. The number of carbonyl (C=O) groups excluding carboxylic acids is 1. The standard InChI is InChI=1S/C21H26FN3O5/c1-3-28-17-11-15(16(22)12-18(17)30-10-9-26)19(21(27)29-4-2)25-14-7-5-13(6-8-14)20(23)24/h5-8,11-12,19,25-26H,3-4,9-10H2,1-2H3,(H3,23,24)/t19-/m1/s1. The number of nitrogens with two attached hydrogens (primary N) is 1. The van der Waals surface area contributed by atoms with Gasteiger partial charge in [-0.15, -0.1) is 0 Å². The number of ether oxygens (including phenoxy) is 3. The Morgan fingerprint density at radius 1 is 1.17 bits per heavy atom. The molecule has 0 amide bonds. The fourth-order valence-corrected chi connectivity index (χ4v) is 2.71. The summed E-state index contributed by atoms with van der Waals surface area (Å²) in [5.74, 6) is -1.09. The van der Waals surface area contributed by atoms with Crippen LogP contribution in [0.3, 0.4) is 0 Å². The van der Waals surface area contributed by atoms with E-state index in [2.05, 4.69) is 5.32 Å². The van der Waals surface area contributed by atoms with Crippen LogP contribution >= 0.6 is 0 Å². The fraction of sp³-hybridized carbons (Fsp3) is 0.333. The monoisotopic (exact) mass is 419 g/mol. The van der Waals surface area contributed by atoms with Crippen LogP contribution in [0.4, 0.5) is 10.1 Å². The van der Waals surface area contributed by atoms with Crippen molar-refractivity contribution in [3.63, 3.8) is 0 Å². The van der Waals surface area contributed by atoms with Crippen LogP contribution in [0.15, 0.2) is 36.4 Å². The molecular weight excluding hydrogens is 393 g/mol. The summed E-state index contributed by atoms with van der Waals surface area (Å²) < 4.78 is 30.9. The molecule has 0 radical (unpaired) electrons. The summed E-state index contributed by atoms with van der Waals surface area (Å²) in [6, 6.07) is 7.82. The van der Waals surface area contributed by atoms with E-state index < -0.39 is 17.8 Å². The normalized spacial score (nSPS) is 11.5. The number of rotatable bonds is 11. The number of hydrogen-bond donors (Lipinski definition) is 4. The van der Waals surface area contributed by atoms with Gasteiger partial charge in [-0.05, 0) is 44.2 Å². The number of carbonyl (C=O) groups is 1. The summed E-state index contributed by atoms with van der Waals surface area (Å²) in [6.07, 6.45) is 0. The first-order valence-corrected chi connectivity index (χ1v) is 9.48. The molecule has 30 heavy (non-hydrogen) atoms. The molecule has 0 aromatic heterocycles. The van der Waals surface area contributed by atoms with Crippen molar-refractivity contribution in [3.8, 4) is 11.5 Å². The quantitative estimate of drug-likeness (QED) is 0.250. The Kier molecular flexibility index (Phi) is 8.42. The minimum atomic E-state index is -1.15. The van der Waals surface area contributed by atoms with Crippen LogP contribution in [0.5, 0.6) is 11.5 Å². The van der Waals surface area contributed by atoms with Crippen molar-refractivity contribution in [1.82, 2.24) is 0 Å². The predicted octanol–water partition coefficient (Wildman–Crippen LogP) is 2.60. The largest absolute Gasteiger partial charge is 0.490 e. The van der Waals surface area contributed by atoms with Gasteiger partial charge < -0.3 is 30.4 Å². The highest BCUT2D eigenvalue weighted by atomic mass is 19.1. The summed E-state index contributed by atoms with van der Waals surface area (Å²) in [7, 11) is 0. The Labute approximate surface area is 174 Å². The molecule has 2 aromatic rings. The lowest BCUT2D eigenvalue weighted by Crippen LogP contribution is -2.24. The van der Waals surface area contributed by atoms with Crippen LogP contribution in [-0.4, -0.2) is 43.3 Å². The van der Waals surface area contributed by atoms with E-state index in [4.69, 9.17) is 30.5 Å². The van der Waals surface area contributed by atoms with Gasteiger partial charge in [0.15, 0.2) is 17.5 Å². The summed E-state index contributed by atoms with van der Waals surface area (Å²) in [5.41, 5.74) is 6.50. The zero-order valence-corrected chi connectivity index (χ0v) is 16.9. The molecule has 0 aliphatic heterocycles.